The highest BCUT2D eigenvalue weighted by atomic mass is 19.1. The number of hydrogen-bond acceptors (Lipinski definition) is 4. The van der Waals surface area contributed by atoms with E-state index in [4.69, 9.17) is 9.47 Å². The van der Waals surface area contributed by atoms with Crippen molar-refractivity contribution in [1.29, 1.82) is 0 Å². The average molecular weight is 283 g/mol. The zero-order valence-electron chi connectivity index (χ0n) is 11.3. The van der Waals surface area contributed by atoms with E-state index >= 15 is 0 Å². The molecule has 1 aliphatic rings. The van der Waals surface area contributed by atoms with E-state index in [1.807, 2.05) is 0 Å². The van der Waals surface area contributed by atoms with Crippen LogP contribution in [0.1, 0.15) is 18.6 Å². The zero-order valence-corrected chi connectivity index (χ0v) is 11.3. The van der Waals surface area contributed by atoms with Gasteiger partial charge in [-0.05, 0) is 19.1 Å². The van der Waals surface area contributed by atoms with Gasteiger partial charge in [0.2, 0.25) is 0 Å². The molecule has 20 heavy (non-hydrogen) atoms. The SMILES string of the molecule is C[C@H](O)c1ccc(F)cc1OCC(=O)N1CCOCC1. The zero-order chi connectivity index (χ0) is 14.5. The molecule has 110 valence electrons. The highest BCUT2D eigenvalue weighted by molar-refractivity contribution is 5.77. The lowest BCUT2D eigenvalue weighted by Gasteiger charge is -2.27. The summed E-state index contributed by atoms with van der Waals surface area (Å²) in [5.41, 5.74) is 0.459. The number of carbonyl (C=O) groups is 1. The minimum atomic E-state index is -0.788. The molecule has 1 amide bonds. The minimum Gasteiger partial charge on any atom is -0.483 e. The van der Waals surface area contributed by atoms with Gasteiger partial charge in [0.25, 0.3) is 5.91 Å². The predicted octanol–water partition coefficient (Wildman–Crippen LogP) is 1.12. The molecule has 1 aliphatic heterocycles. The number of aliphatic hydroxyl groups excluding tert-OH is 1. The van der Waals surface area contributed by atoms with Crippen LogP contribution in [0.15, 0.2) is 18.2 Å². The highest BCUT2D eigenvalue weighted by Crippen LogP contribution is 2.26. The third-order valence-electron chi connectivity index (χ3n) is 3.14. The van der Waals surface area contributed by atoms with Crippen molar-refractivity contribution in [3.63, 3.8) is 0 Å². The normalized spacial score (nSPS) is 16.9. The first-order valence-corrected chi connectivity index (χ1v) is 6.54. The number of nitrogens with zero attached hydrogens (tertiary/aromatic N) is 1. The minimum absolute atomic E-state index is 0.172. The Hall–Kier alpha value is -1.66. The van der Waals surface area contributed by atoms with Crippen LogP contribution < -0.4 is 4.74 Å². The highest BCUT2D eigenvalue weighted by Gasteiger charge is 2.18. The summed E-state index contributed by atoms with van der Waals surface area (Å²) in [5, 5.41) is 9.60. The van der Waals surface area contributed by atoms with Gasteiger partial charge in [0.15, 0.2) is 6.61 Å². The van der Waals surface area contributed by atoms with Gasteiger partial charge in [-0.2, -0.15) is 0 Å². The molecule has 0 unspecified atom stereocenters. The quantitative estimate of drug-likeness (QED) is 0.899. The van der Waals surface area contributed by atoms with Crippen LogP contribution in [0.2, 0.25) is 0 Å². The summed E-state index contributed by atoms with van der Waals surface area (Å²) in [6.07, 6.45) is -0.788. The predicted molar refractivity (Wildman–Crippen MR) is 69.9 cm³/mol. The Bertz CT molecular complexity index is 472. The van der Waals surface area contributed by atoms with E-state index < -0.39 is 11.9 Å². The topological polar surface area (TPSA) is 59.0 Å². The molecule has 0 bridgehead atoms. The molecular weight excluding hydrogens is 265 g/mol. The number of halogens is 1. The Balaban J connectivity index is 1.99. The van der Waals surface area contributed by atoms with Crippen molar-refractivity contribution in [2.45, 2.75) is 13.0 Å². The van der Waals surface area contributed by atoms with Gasteiger partial charge in [0.1, 0.15) is 11.6 Å². The molecule has 0 aromatic heterocycles. The number of morpholine rings is 1. The Morgan fingerprint density at radius 1 is 1.50 bits per heavy atom. The van der Waals surface area contributed by atoms with E-state index in [2.05, 4.69) is 0 Å². The number of ether oxygens (including phenoxy) is 2. The number of aliphatic hydroxyl groups is 1. The van der Waals surface area contributed by atoms with Gasteiger partial charge in [-0.3, -0.25) is 4.79 Å². The molecule has 0 radical (unpaired) electrons. The molecule has 1 aromatic carbocycles. The fraction of sp³-hybridized carbons (Fsp3) is 0.500. The van der Waals surface area contributed by atoms with Crippen LogP contribution in [-0.4, -0.2) is 48.8 Å². The molecule has 1 fully saturated rings. The second kappa shape index (κ2) is 6.67. The van der Waals surface area contributed by atoms with Crippen molar-refractivity contribution in [2.24, 2.45) is 0 Å². The van der Waals surface area contributed by atoms with Crippen molar-refractivity contribution in [3.8, 4) is 5.75 Å². The van der Waals surface area contributed by atoms with Crippen LogP contribution in [0.25, 0.3) is 0 Å². The van der Waals surface area contributed by atoms with Crippen molar-refractivity contribution in [1.82, 2.24) is 4.90 Å². The number of benzene rings is 1. The smallest absolute Gasteiger partial charge is 0.260 e. The summed E-state index contributed by atoms with van der Waals surface area (Å²) < 4.78 is 23.7. The van der Waals surface area contributed by atoms with E-state index in [9.17, 15) is 14.3 Å². The fourth-order valence-corrected chi connectivity index (χ4v) is 2.02. The van der Waals surface area contributed by atoms with E-state index in [-0.39, 0.29) is 18.3 Å². The molecule has 0 saturated carbocycles. The van der Waals surface area contributed by atoms with Crippen LogP contribution in [-0.2, 0) is 9.53 Å². The molecule has 0 spiro atoms. The fourth-order valence-electron chi connectivity index (χ4n) is 2.02. The number of rotatable bonds is 4. The third kappa shape index (κ3) is 3.68. The summed E-state index contributed by atoms with van der Waals surface area (Å²) in [7, 11) is 0. The maximum Gasteiger partial charge on any atom is 0.260 e. The largest absolute Gasteiger partial charge is 0.483 e. The standard InChI is InChI=1S/C14H18FNO4/c1-10(17)12-3-2-11(15)8-13(12)20-9-14(18)16-4-6-19-7-5-16/h2-3,8,10,17H,4-7,9H2,1H3/t10-/m0/s1. The van der Waals surface area contributed by atoms with Crippen molar-refractivity contribution in [2.75, 3.05) is 32.9 Å². The summed E-state index contributed by atoms with van der Waals surface area (Å²) in [4.78, 5) is 13.6. The molecule has 2 rings (SSSR count). The number of carbonyl (C=O) groups excluding carboxylic acids is 1. The monoisotopic (exact) mass is 283 g/mol. The van der Waals surface area contributed by atoms with Gasteiger partial charge < -0.3 is 19.5 Å². The van der Waals surface area contributed by atoms with Crippen molar-refractivity contribution >= 4 is 5.91 Å². The molecule has 1 aromatic rings. The van der Waals surface area contributed by atoms with Gasteiger partial charge in [-0.1, -0.05) is 0 Å². The first-order valence-electron chi connectivity index (χ1n) is 6.54. The molecule has 1 N–H and O–H groups in total. The first kappa shape index (κ1) is 14.7. The van der Waals surface area contributed by atoms with Gasteiger partial charge in [-0.25, -0.2) is 4.39 Å². The lowest BCUT2D eigenvalue weighted by molar-refractivity contribution is -0.137. The number of hydrogen-bond donors (Lipinski definition) is 1. The Morgan fingerprint density at radius 2 is 2.20 bits per heavy atom. The summed E-state index contributed by atoms with van der Waals surface area (Å²) in [6, 6.07) is 3.88. The van der Waals surface area contributed by atoms with Crippen molar-refractivity contribution < 1.29 is 23.8 Å². The van der Waals surface area contributed by atoms with Gasteiger partial charge in [-0.15, -0.1) is 0 Å². The maximum atomic E-state index is 13.2. The molecule has 1 heterocycles. The maximum absolute atomic E-state index is 13.2. The van der Waals surface area contributed by atoms with E-state index in [1.165, 1.54) is 18.2 Å². The summed E-state index contributed by atoms with van der Waals surface area (Å²) in [5.74, 6) is -0.445. The van der Waals surface area contributed by atoms with E-state index in [0.717, 1.165) is 0 Å². The van der Waals surface area contributed by atoms with Gasteiger partial charge in [0.05, 0.1) is 19.3 Å². The van der Waals surface area contributed by atoms with E-state index in [0.29, 0.717) is 31.9 Å². The van der Waals surface area contributed by atoms with Gasteiger partial charge in [0, 0.05) is 24.7 Å². The molecule has 1 saturated heterocycles. The second-order valence-electron chi connectivity index (χ2n) is 4.64. The molecule has 5 nitrogen and oxygen atoms in total. The molecule has 0 aliphatic carbocycles. The molecule has 1 atom stereocenters. The average Bonchev–Trinajstić information content (AvgIpc) is 2.45. The second-order valence-corrected chi connectivity index (χ2v) is 4.64. The van der Waals surface area contributed by atoms with Gasteiger partial charge >= 0.3 is 0 Å². The van der Waals surface area contributed by atoms with E-state index in [1.54, 1.807) is 11.8 Å². The third-order valence-corrected chi connectivity index (χ3v) is 3.14. The van der Waals surface area contributed by atoms with Crippen molar-refractivity contribution in [3.05, 3.63) is 29.6 Å². The Kier molecular flexibility index (Phi) is 4.92. The number of amides is 1. The Labute approximate surface area is 116 Å². The van der Waals surface area contributed by atoms with Crippen LogP contribution in [0.4, 0.5) is 4.39 Å². The molecular formula is C14H18FNO4. The molecule has 6 heteroatoms. The Morgan fingerprint density at radius 3 is 2.85 bits per heavy atom. The lowest BCUT2D eigenvalue weighted by atomic mass is 10.1. The summed E-state index contributed by atoms with van der Waals surface area (Å²) >= 11 is 0. The van der Waals surface area contributed by atoms with Crippen LogP contribution in [0.3, 0.4) is 0 Å². The van der Waals surface area contributed by atoms with Crippen LogP contribution in [0, 0.1) is 5.82 Å². The summed E-state index contributed by atoms with van der Waals surface area (Å²) in [6.45, 7) is 3.49. The lowest BCUT2D eigenvalue weighted by Crippen LogP contribution is -2.43. The first-order chi connectivity index (χ1) is 9.58. The van der Waals surface area contributed by atoms with Crippen LogP contribution >= 0.6 is 0 Å². The van der Waals surface area contributed by atoms with Crippen LogP contribution in [0.5, 0.6) is 5.75 Å².